The van der Waals surface area contributed by atoms with E-state index in [2.05, 4.69) is 5.32 Å². The average molecular weight is 208 g/mol. The Morgan fingerprint density at radius 1 is 1.40 bits per heavy atom. The number of urea groups is 1. The van der Waals surface area contributed by atoms with Crippen molar-refractivity contribution < 1.29 is 14.0 Å². The van der Waals surface area contributed by atoms with E-state index in [0.717, 1.165) is 0 Å². The number of hydrogen-bond donors (Lipinski definition) is 1. The Kier molecular flexibility index (Phi) is 2.15. The van der Waals surface area contributed by atoms with Gasteiger partial charge in [0.1, 0.15) is 12.4 Å². The van der Waals surface area contributed by atoms with E-state index >= 15 is 0 Å². The van der Waals surface area contributed by atoms with Crippen molar-refractivity contribution in [1.29, 1.82) is 0 Å². The molecule has 5 heteroatoms. The van der Waals surface area contributed by atoms with Crippen LogP contribution in [0.3, 0.4) is 0 Å². The number of anilines is 1. The van der Waals surface area contributed by atoms with Crippen LogP contribution in [0.2, 0.25) is 0 Å². The molecule has 1 aliphatic rings. The number of carbonyl (C=O) groups is 2. The lowest BCUT2D eigenvalue weighted by Gasteiger charge is -2.15. The Morgan fingerprint density at radius 2 is 2.13 bits per heavy atom. The van der Waals surface area contributed by atoms with Crippen molar-refractivity contribution in [2.45, 2.75) is 6.92 Å². The Bertz CT molecular complexity index is 445. The van der Waals surface area contributed by atoms with Crippen LogP contribution in [0.25, 0.3) is 0 Å². The van der Waals surface area contributed by atoms with Crippen LogP contribution in [0.4, 0.5) is 14.9 Å². The molecule has 0 aromatic heterocycles. The Labute approximate surface area is 85.7 Å². The molecule has 0 bridgehead atoms. The highest BCUT2D eigenvalue weighted by Gasteiger charge is 2.28. The minimum absolute atomic E-state index is 0.00863. The molecular weight excluding hydrogens is 199 g/mol. The summed E-state index contributed by atoms with van der Waals surface area (Å²) in [6, 6.07) is 3.61. The third kappa shape index (κ3) is 1.68. The summed E-state index contributed by atoms with van der Waals surface area (Å²) in [7, 11) is 0. The van der Waals surface area contributed by atoms with E-state index in [9.17, 15) is 14.0 Å². The molecule has 3 amide bonds. The van der Waals surface area contributed by atoms with E-state index in [0.29, 0.717) is 11.3 Å². The van der Waals surface area contributed by atoms with Crippen LogP contribution in [-0.4, -0.2) is 18.5 Å². The zero-order chi connectivity index (χ0) is 11.0. The first kappa shape index (κ1) is 9.64. The highest BCUT2D eigenvalue weighted by Crippen LogP contribution is 2.22. The predicted octanol–water partition coefficient (Wildman–Crippen LogP) is 1.19. The molecule has 1 saturated heterocycles. The van der Waals surface area contributed by atoms with Crippen LogP contribution >= 0.6 is 0 Å². The standard InChI is InChI=1S/C10H9FN2O2/c1-6-4-7(11)2-3-8(6)13-5-9(14)12-10(13)15/h2-4H,5H2,1H3,(H,12,14,15). The van der Waals surface area contributed by atoms with Crippen molar-refractivity contribution in [2.75, 3.05) is 11.4 Å². The number of carbonyl (C=O) groups excluding carboxylic acids is 2. The van der Waals surface area contributed by atoms with Gasteiger partial charge in [-0.2, -0.15) is 0 Å². The molecule has 1 aliphatic heterocycles. The quantitative estimate of drug-likeness (QED) is 0.705. The Balaban J connectivity index is 2.38. The average Bonchev–Trinajstić information content (AvgIpc) is 2.45. The molecular formula is C10H9FN2O2. The van der Waals surface area contributed by atoms with E-state index in [-0.39, 0.29) is 18.3 Å². The van der Waals surface area contributed by atoms with Crippen LogP contribution in [-0.2, 0) is 4.79 Å². The molecule has 0 radical (unpaired) electrons. The fourth-order valence-corrected chi connectivity index (χ4v) is 1.56. The predicted molar refractivity (Wildman–Crippen MR) is 52.0 cm³/mol. The summed E-state index contributed by atoms with van der Waals surface area (Å²) < 4.78 is 12.8. The van der Waals surface area contributed by atoms with Gasteiger partial charge in [-0.05, 0) is 30.7 Å². The number of halogens is 1. The number of nitrogens with zero attached hydrogens (tertiary/aromatic N) is 1. The van der Waals surface area contributed by atoms with Gasteiger partial charge in [-0.3, -0.25) is 15.0 Å². The molecule has 0 atom stereocenters. The van der Waals surface area contributed by atoms with Crippen molar-refractivity contribution in [2.24, 2.45) is 0 Å². The van der Waals surface area contributed by atoms with Gasteiger partial charge in [0.05, 0.1) is 0 Å². The van der Waals surface area contributed by atoms with Crippen LogP contribution in [0.15, 0.2) is 18.2 Å². The minimum Gasteiger partial charge on any atom is -0.284 e. The highest BCUT2D eigenvalue weighted by molar-refractivity contribution is 6.12. The van der Waals surface area contributed by atoms with Crippen molar-refractivity contribution in [3.05, 3.63) is 29.6 Å². The third-order valence-corrected chi connectivity index (χ3v) is 2.24. The molecule has 1 fully saturated rings. The normalized spacial score (nSPS) is 15.7. The monoisotopic (exact) mass is 208 g/mol. The van der Waals surface area contributed by atoms with Gasteiger partial charge in [-0.25, -0.2) is 9.18 Å². The molecule has 0 unspecified atom stereocenters. The molecule has 2 rings (SSSR count). The maximum atomic E-state index is 12.8. The number of benzene rings is 1. The smallest absolute Gasteiger partial charge is 0.284 e. The largest absolute Gasteiger partial charge is 0.329 e. The number of aryl methyl sites for hydroxylation is 1. The number of rotatable bonds is 1. The first-order valence-corrected chi connectivity index (χ1v) is 4.45. The van der Waals surface area contributed by atoms with Crippen LogP contribution < -0.4 is 10.2 Å². The van der Waals surface area contributed by atoms with E-state index in [1.54, 1.807) is 6.92 Å². The van der Waals surface area contributed by atoms with Crippen molar-refractivity contribution in [3.8, 4) is 0 Å². The maximum Gasteiger partial charge on any atom is 0.329 e. The fourth-order valence-electron chi connectivity index (χ4n) is 1.56. The number of hydrogen-bond acceptors (Lipinski definition) is 2. The van der Waals surface area contributed by atoms with Gasteiger partial charge in [0.25, 0.3) is 0 Å². The van der Waals surface area contributed by atoms with Gasteiger partial charge in [-0.1, -0.05) is 0 Å². The van der Waals surface area contributed by atoms with E-state index in [1.807, 2.05) is 0 Å². The van der Waals surface area contributed by atoms with Crippen LogP contribution in [0.1, 0.15) is 5.56 Å². The molecule has 4 nitrogen and oxygen atoms in total. The van der Waals surface area contributed by atoms with Gasteiger partial charge in [-0.15, -0.1) is 0 Å². The zero-order valence-electron chi connectivity index (χ0n) is 8.08. The Hall–Kier alpha value is -1.91. The minimum atomic E-state index is -0.463. The summed E-state index contributed by atoms with van der Waals surface area (Å²) in [5, 5.41) is 2.16. The van der Waals surface area contributed by atoms with Gasteiger partial charge >= 0.3 is 6.03 Å². The molecule has 78 valence electrons. The third-order valence-electron chi connectivity index (χ3n) is 2.24. The summed E-state index contributed by atoms with van der Waals surface area (Å²) >= 11 is 0. The van der Waals surface area contributed by atoms with Gasteiger partial charge < -0.3 is 0 Å². The number of nitrogens with one attached hydrogen (secondary N) is 1. The lowest BCUT2D eigenvalue weighted by atomic mass is 10.2. The molecule has 15 heavy (non-hydrogen) atoms. The summed E-state index contributed by atoms with van der Waals surface area (Å²) in [5.74, 6) is -0.703. The Morgan fingerprint density at radius 3 is 2.67 bits per heavy atom. The first-order valence-electron chi connectivity index (χ1n) is 4.45. The van der Waals surface area contributed by atoms with E-state index in [4.69, 9.17) is 0 Å². The highest BCUT2D eigenvalue weighted by atomic mass is 19.1. The second-order valence-corrected chi connectivity index (χ2v) is 3.37. The van der Waals surface area contributed by atoms with Gasteiger partial charge in [0, 0.05) is 5.69 Å². The summed E-state index contributed by atoms with van der Waals surface area (Å²) in [4.78, 5) is 23.6. The summed E-state index contributed by atoms with van der Waals surface area (Å²) in [6.07, 6.45) is 0. The molecule has 1 aromatic rings. The van der Waals surface area contributed by atoms with Crippen LogP contribution in [0.5, 0.6) is 0 Å². The van der Waals surface area contributed by atoms with E-state index < -0.39 is 6.03 Å². The molecule has 0 saturated carbocycles. The molecule has 0 aliphatic carbocycles. The topological polar surface area (TPSA) is 49.4 Å². The summed E-state index contributed by atoms with van der Waals surface area (Å²) in [6.45, 7) is 1.68. The molecule has 1 heterocycles. The van der Waals surface area contributed by atoms with Gasteiger partial charge in [0.2, 0.25) is 5.91 Å². The lowest BCUT2D eigenvalue weighted by Crippen LogP contribution is -2.28. The zero-order valence-corrected chi connectivity index (χ0v) is 8.08. The van der Waals surface area contributed by atoms with Gasteiger partial charge in [0.15, 0.2) is 0 Å². The van der Waals surface area contributed by atoms with Crippen molar-refractivity contribution in [3.63, 3.8) is 0 Å². The van der Waals surface area contributed by atoms with Crippen molar-refractivity contribution >= 4 is 17.6 Å². The lowest BCUT2D eigenvalue weighted by molar-refractivity contribution is -0.117. The number of amides is 3. The molecule has 1 N–H and O–H groups in total. The second kappa shape index (κ2) is 3.34. The number of imide groups is 1. The molecule has 1 aromatic carbocycles. The van der Waals surface area contributed by atoms with E-state index in [1.165, 1.54) is 23.1 Å². The van der Waals surface area contributed by atoms with Crippen LogP contribution in [0, 0.1) is 12.7 Å². The molecule has 0 spiro atoms. The fraction of sp³-hybridized carbons (Fsp3) is 0.200. The first-order chi connectivity index (χ1) is 7.08. The maximum absolute atomic E-state index is 12.8. The summed E-state index contributed by atoms with van der Waals surface area (Å²) in [5.41, 5.74) is 1.18. The van der Waals surface area contributed by atoms with Crippen molar-refractivity contribution in [1.82, 2.24) is 5.32 Å². The SMILES string of the molecule is Cc1cc(F)ccc1N1CC(=O)NC1=O. The second-order valence-electron chi connectivity index (χ2n) is 3.37.